The van der Waals surface area contributed by atoms with Crippen molar-refractivity contribution in [2.75, 3.05) is 19.0 Å². The zero-order valence-electron chi connectivity index (χ0n) is 13.7. The van der Waals surface area contributed by atoms with Crippen molar-refractivity contribution in [3.63, 3.8) is 0 Å². The Labute approximate surface area is 159 Å². The lowest BCUT2D eigenvalue weighted by molar-refractivity contribution is -0.119. The minimum atomic E-state index is -0.505. The van der Waals surface area contributed by atoms with Gasteiger partial charge in [-0.25, -0.2) is 0 Å². The highest BCUT2D eigenvalue weighted by atomic mass is 35.5. The summed E-state index contributed by atoms with van der Waals surface area (Å²) < 4.78 is 4.77. The Morgan fingerprint density at radius 2 is 1.92 bits per heavy atom. The van der Waals surface area contributed by atoms with Gasteiger partial charge in [0.25, 0.3) is 11.8 Å². The molecule has 0 saturated heterocycles. The van der Waals surface area contributed by atoms with E-state index in [0.717, 1.165) is 4.90 Å². The zero-order valence-corrected chi connectivity index (χ0v) is 15.2. The summed E-state index contributed by atoms with van der Waals surface area (Å²) in [6, 6.07) is 9.54. The van der Waals surface area contributed by atoms with E-state index < -0.39 is 17.7 Å². The minimum absolute atomic E-state index is 0.0167. The molecule has 26 heavy (non-hydrogen) atoms. The molecule has 0 atom stereocenters. The van der Waals surface area contributed by atoms with Crippen LogP contribution in [0.25, 0.3) is 0 Å². The van der Waals surface area contributed by atoms with E-state index in [4.69, 9.17) is 27.9 Å². The lowest BCUT2D eigenvalue weighted by Gasteiger charge is -2.15. The average molecular weight is 393 g/mol. The summed E-state index contributed by atoms with van der Waals surface area (Å²) in [5.41, 5.74) is 1.20. The predicted octanol–water partition coefficient (Wildman–Crippen LogP) is 3.37. The van der Waals surface area contributed by atoms with Crippen molar-refractivity contribution in [1.29, 1.82) is 0 Å². The van der Waals surface area contributed by atoms with E-state index in [-0.39, 0.29) is 30.0 Å². The van der Waals surface area contributed by atoms with E-state index in [1.54, 1.807) is 36.4 Å². The Hall–Kier alpha value is -2.41. The van der Waals surface area contributed by atoms with Gasteiger partial charge in [-0.15, -0.1) is 0 Å². The second kappa shape index (κ2) is 7.45. The van der Waals surface area contributed by atoms with E-state index in [2.05, 4.69) is 5.32 Å². The minimum Gasteiger partial charge on any atom is -0.375 e. The van der Waals surface area contributed by atoms with Crippen LogP contribution in [0.2, 0.25) is 10.0 Å². The molecule has 0 fully saturated rings. The molecule has 3 rings (SSSR count). The molecule has 1 aliphatic heterocycles. The lowest BCUT2D eigenvalue weighted by Crippen LogP contribution is -2.29. The molecule has 0 unspecified atom stereocenters. The molecular formula is C18H14Cl2N2O4. The standard InChI is InChI=1S/C18H14Cl2N2O4/c1-26-9-15(23)21-14-4-2-3-12-16(14)18(25)22(17(12)24)8-10-7-11(19)5-6-13(10)20/h2-7H,8-9H2,1H3,(H,21,23). The van der Waals surface area contributed by atoms with Gasteiger partial charge in [0, 0.05) is 17.2 Å². The van der Waals surface area contributed by atoms with Crippen LogP contribution in [0.4, 0.5) is 5.69 Å². The van der Waals surface area contributed by atoms with Gasteiger partial charge in [0.05, 0.1) is 23.4 Å². The normalized spacial score (nSPS) is 13.1. The fourth-order valence-corrected chi connectivity index (χ4v) is 3.11. The monoisotopic (exact) mass is 392 g/mol. The van der Waals surface area contributed by atoms with Crippen molar-refractivity contribution < 1.29 is 19.1 Å². The van der Waals surface area contributed by atoms with Gasteiger partial charge in [0.15, 0.2) is 0 Å². The van der Waals surface area contributed by atoms with Crippen molar-refractivity contribution in [1.82, 2.24) is 4.90 Å². The number of carbonyl (C=O) groups excluding carboxylic acids is 3. The highest BCUT2D eigenvalue weighted by Crippen LogP contribution is 2.32. The number of benzene rings is 2. The molecule has 0 saturated carbocycles. The molecular weight excluding hydrogens is 379 g/mol. The van der Waals surface area contributed by atoms with E-state index in [9.17, 15) is 14.4 Å². The number of amides is 3. The molecule has 0 aromatic heterocycles. The Kier molecular flexibility index (Phi) is 5.27. The van der Waals surface area contributed by atoms with Crippen molar-refractivity contribution in [3.05, 3.63) is 63.1 Å². The number of hydrogen-bond donors (Lipinski definition) is 1. The number of nitrogens with zero attached hydrogens (tertiary/aromatic N) is 1. The second-order valence-electron chi connectivity index (χ2n) is 5.64. The van der Waals surface area contributed by atoms with Gasteiger partial charge in [0.1, 0.15) is 6.61 Å². The Balaban J connectivity index is 1.92. The molecule has 1 N–H and O–H groups in total. The summed E-state index contributed by atoms with van der Waals surface area (Å²) in [6.07, 6.45) is 0. The SMILES string of the molecule is COCC(=O)Nc1cccc2c1C(=O)N(Cc1cc(Cl)ccc1Cl)C2=O. The molecule has 134 valence electrons. The van der Waals surface area contributed by atoms with Crippen LogP contribution in [-0.4, -0.2) is 36.3 Å². The van der Waals surface area contributed by atoms with Crippen molar-refractivity contribution in [3.8, 4) is 0 Å². The predicted molar refractivity (Wildman–Crippen MR) is 97.6 cm³/mol. The largest absolute Gasteiger partial charge is 0.375 e. The first-order chi connectivity index (χ1) is 12.4. The Morgan fingerprint density at radius 3 is 2.65 bits per heavy atom. The highest BCUT2D eigenvalue weighted by molar-refractivity contribution is 6.33. The lowest BCUT2D eigenvalue weighted by atomic mass is 10.1. The number of fused-ring (bicyclic) bond motifs is 1. The van der Waals surface area contributed by atoms with E-state index >= 15 is 0 Å². The van der Waals surface area contributed by atoms with Gasteiger partial charge in [0.2, 0.25) is 5.91 Å². The zero-order chi connectivity index (χ0) is 18.8. The molecule has 6 nitrogen and oxygen atoms in total. The number of ether oxygens (including phenoxy) is 1. The number of carbonyl (C=O) groups is 3. The van der Waals surface area contributed by atoms with Crippen molar-refractivity contribution >= 4 is 46.6 Å². The first kappa shape index (κ1) is 18.4. The van der Waals surface area contributed by atoms with Gasteiger partial charge >= 0.3 is 0 Å². The molecule has 1 heterocycles. The first-order valence-electron chi connectivity index (χ1n) is 7.64. The number of imide groups is 1. The first-order valence-corrected chi connectivity index (χ1v) is 8.40. The summed E-state index contributed by atoms with van der Waals surface area (Å²) in [6.45, 7) is -0.176. The number of methoxy groups -OCH3 is 1. The number of rotatable bonds is 5. The van der Waals surface area contributed by atoms with Gasteiger partial charge < -0.3 is 10.1 Å². The maximum atomic E-state index is 12.8. The average Bonchev–Trinajstić information content (AvgIpc) is 2.84. The van der Waals surface area contributed by atoms with Crippen LogP contribution < -0.4 is 5.32 Å². The molecule has 2 aromatic carbocycles. The summed E-state index contributed by atoms with van der Waals surface area (Å²) in [5, 5.41) is 3.44. The van der Waals surface area contributed by atoms with Crippen LogP contribution in [0.3, 0.4) is 0 Å². The molecule has 3 amide bonds. The van der Waals surface area contributed by atoms with Crippen LogP contribution in [0, 0.1) is 0 Å². The molecule has 0 radical (unpaired) electrons. The van der Waals surface area contributed by atoms with Crippen LogP contribution in [0.15, 0.2) is 36.4 Å². The van der Waals surface area contributed by atoms with E-state index in [1.807, 2.05) is 0 Å². The van der Waals surface area contributed by atoms with Gasteiger partial charge in [-0.05, 0) is 35.9 Å². The molecule has 0 aliphatic carbocycles. The van der Waals surface area contributed by atoms with Gasteiger partial charge in [-0.1, -0.05) is 29.3 Å². The van der Waals surface area contributed by atoms with Crippen LogP contribution >= 0.6 is 23.2 Å². The summed E-state index contributed by atoms with van der Waals surface area (Å²) in [4.78, 5) is 38.3. The van der Waals surface area contributed by atoms with Crippen LogP contribution in [-0.2, 0) is 16.1 Å². The Bertz CT molecular complexity index is 914. The summed E-state index contributed by atoms with van der Waals surface area (Å²) in [5.74, 6) is -1.38. The maximum absolute atomic E-state index is 12.8. The van der Waals surface area contributed by atoms with Gasteiger partial charge in [-0.2, -0.15) is 0 Å². The molecule has 2 aromatic rings. The van der Waals surface area contributed by atoms with Crippen molar-refractivity contribution in [2.24, 2.45) is 0 Å². The number of hydrogen-bond acceptors (Lipinski definition) is 4. The van der Waals surface area contributed by atoms with Crippen molar-refractivity contribution in [2.45, 2.75) is 6.54 Å². The fourth-order valence-electron chi connectivity index (χ4n) is 2.73. The summed E-state index contributed by atoms with van der Waals surface area (Å²) >= 11 is 12.1. The Morgan fingerprint density at radius 1 is 1.15 bits per heavy atom. The maximum Gasteiger partial charge on any atom is 0.263 e. The second-order valence-corrected chi connectivity index (χ2v) is 6.49. The fraction of sp³-hybridized carbons (Fsp3) is 0.167. The van der Waals surface area contributed by atoms with E-state index in [0.29, 0.717) is 15.6 Å². The number of anilines is 1. The third-order valence-electron chi connectivity index (χ3n) is 3.88. The molecule has 0 bridgehead atoms. The summed E-state index contributed by atoms with van der Waals surface area (Å²) in [7, 11) is 1.39. The quantitative estimate of drug-likeness (QED) is 0.791. The smallest absolute Gasteiger partial charge is 0.263 e. The highest BCUT2D eigenvalue weighted by Gasteiger charge is 2.38. The number of nitrogens with one attached hydrogen (secondary N) is 1. The molecule has 8 heteroatoms. The molecule has 1 aliphatic rings. The van der Waals surface area contributed by atoms with E-state index in [1.165, 1.54) is 7.11 Å². The van der Waals surface area contributed by atoms with Gasteiger partial charge in [-0.3, -0.25) is 19.3 Å². The van der Waals surface area contributed by atoms with Crippen LogP contribution in [0.1, 0.15) is 26.3 Å². The third-order valence-corrected chi connectivity index (χ3v) is 4.49. The van der Waals surface area contributed by atoms with Crippen LogP contribution in [0.5, 0.6) is 0 Å². The molecule has 0 spiro atoms. The topological polar surface area (TPSA) is 75.7 Å². The third kappa shape index (κ3) is 3.44. The number of halogens is 2.